The molecule has 2 heterocycles. The summed E-state index contributed by atoms with van der Waals surface area (Å²) in [5.41, 5.74) is 5.61. The SMILES string of the molecule is Nc1nc2ncc(C[NH+]([O-])c3ccc(C(=O)N[C@@H](CCC(=O)O[Si])C(=O)O[Si])cc3)nc2c(=O)[nH]1. The average molecular weight is 512 g/mol. The molecule has 0 aliphatic carbocycles. The second-order valence-electron chi connectivity index (χ2n) is 7.12. The minimum atomic E-state index is -1.12. The van der Waals surface area contributed by atoms with Gasteiger partial charge in [0.15, 0.2) is 11.2 Å². The van der Waals surface area contributed by atoms with Gasteiger partial charge in [-0.25, -0.2) is 9.97 Å². The number of benzene rings is 1. The van der Waals surface area contributed by atoms with Crippen LogP contribution in [0, 0.1) is 5.21 Å². The number of nitrogen functional groups attached to an aromatic ring is 1. The Labute approximate surface area is 203 Å². The molecule has 0 saturated carbocycles. The van der Waals surface area contributed by atoms with Crippen molar-refractivity contribution in [3.63, 3.8) is 0 Å². The summed E-state index contributed by atoms with van der Waals surface area (Å²) in [7, 11) is 5.20. The maximum absolute atomic E-state index is 12.6. The third-order valence-electron chi connectivity index (χ3n) is 4.74. The van der Waals surface area contributed by atoms with E-state index in [4.69, 9.17) is 5.73 Å². The smallest absolute Gasteiger partial charge is 0.345 e. The van der Waals surface area contributed by atoms with Crippen molar-refractivity contribution in [1.82, 2.24) is 25.3 Å². The van der Waals surface area contributed by atoms with Gasteiger partial charge in [0.25, 0.3) is 17.4 Å². The van der Waals surface area contributed by atoms with Crippen molar-refractivity contribution < 1.29 is 28.3 Å². The number of nitrogens with two attached hydrogens (primary N) is 1. The van der Waals surface area contributed by atoms with E-state index in [1.165, 1.54) is 30.5 Å². The number of rotatable bonds is 9. The number of fused-ring (bicyclic) bond motifs is 1. The lowest BCUT2D eigenvalue weighted by Gasteiger charge is -2.21. The number of carbonyl (C=O) groups excluding carboxylic acids is 3. The van der Waals surface area contributed by atoms with Crippen LogP contribution in [0.3, 0.4) is 0 Å². The van der Waals surface area contributed by atoms with Gasteiger partial charge in [-0.05, 0) is 18.6 Å². The lowest BCUT2D eigenvalue weighted by atomic mass is 10.1. The summed E-state index contributed by atoms with van der Waals surface area (Å²) in [5.74, 6) is -2.16. The molecule has 0 aliphatic heterocycles. The molecule has 0 saturated heterocycles. The highest BCUT2D eigenvalue weighted by molar-refractivity contribution is 6.07. The normalized spacial score (nSPS) is 12.5. The van der Waals surface area contributed by atoms with E-state index in [-0.39, 0.29) is 58.5 Å². The number of aromatic nitrogens is 4. The van der Waals surface area contributed by atoms with Crippen LogP contribution in [0.1, 0.15) is 28.9 Å². The molecular weight excluding hydrogens is 494 g/mol. The Morgan fingerprint density at radius 1 is 1.17 bits per heavy atom. The lowest BCUT2D eigenvalue weighted by molar-refractivity contribution is -0.792. The first-order valence-electron chi connectivity index (χ1n) is 9.91. The first kappa shape index (κ1) is 25.6. The Balaban J connectivity index is 1.67. The van der Waals surface area contributed by atoms with Gasteiger partial charge >= 0.3 is 26.9 Å². The van der Waals surface area contributed by atoms with Gasteiger partial charge in [0.05, 0.1) is 6.20 Å². The molecule has 1 amide bonds. The van der Waals surface area contributed by atoms with Gasteiger partial charge in [-0.3, -0.25) is 24.2 Å². The van der Waals surface area contributed by atoms with Gasteiger partial charge in [-0.2, -0.15) is 4.98 Å². The molecule has 5 N–H and O–H groups in total. The van der Waals surface area contributed by atoms with Gasteiger partial charge < -0.3 is 30.2 Å². The first-order valence-corrected chi connectivity index (χ1v) is 10.7. The van der Waals surface area contributed by atoms with Gasteiger partial charge in [0, 0.05) is 24.1 Å². The fourth-order valence-electron chi connectivity index (χ4n) is 3.01. The maximum Gasteiger partial charge on any atom is 0.345 e. The quantitative estimate of drug-likeness (QED) is 0.176. The van der Waals surface area contributed by atoms with E-state index >= 15 is 0 Å². The zero-order valence-corrected chi connectivity index (χ0v) is 19.9. The van der Waals surface area contributed by atoms with E-state index in [0.717, 1.165) is 0 Å². The topological polar surface area (TPSA) is 207 Å². The van der Waals surface area contributed by atoms with Gasteiger partial charge in [-0.15, -0.1) is 0 Å². The fourth-order valence-corrected chi connectivity index (χ4v) is 3.25. The largest absolute Gasteiger partial charge is 0.629 e. The number of quaternary nitrogens is 1. The molecule has 35 heavy (non-hydrogen) atoms. The number of hydrogen-bond acceptors (Lipinski definition) is 11. The molecule has 14 nitrogen and oxygen atoms in total. The van der Waals surface area contributed by atoms with Gasteiger partial charge in [-0.1, -0.05) is 0 Å². The predicted octanol–water partition coefficient (Wildman–Crippen LogP) is -2.36. The van der Waals surface area contributed by atoms with Crippen LogP contribution in [0.25, 0.3) is 11.2 Å². The maximum atomic E-state index is 12.6. The van der Waals surface area contributed by atoms with Crippen molar-refractivity contribution >= 4 is 61.6 Å². The zero-order valence-electron chi connectivity index (χ0n) is 17.9. The summed E-state index contributed by atoms with van der Waals surface area (Å²) in [6.45, 7) is -0.152. The molecule has 0 spiro atoms. The molecule has 16 heteroatoms. The first-order chi connectivity index (χ1) is 16.7. The van der Waals surface area contributed by atoms with Crippen molar-refractivity contribution in [1.29, 1.82) is 0 Å². The van der Waals surface area contributed by atoms with E-state index in [0.29, 0.717) is 0 Å². The summed E-state index contributed by atoms with van der Waals surface area (Å²) < 4.78 is 8.80. The lowest BCUT2D eigenvalue weighted by Crippen LogP contribution is -3.00. The summed E-state index contributed by atoms with van der Waals surface area (Å²) in [4.78, 5) is 62.0. The van der Waals surface area contributed by atoms with Crippen molar-refractivity contribution in [2.24, 2.45) is 0 Å². The van der Waals surface area contributed by atoms with Crippen molar-refractivity contribution in [2.75, 3.05) is 5.73 Å². The Kier molecular flexibility index (Phi) is 8.36. The van der Waals surface area contributed by atoms with E-state index in [1.807, 2.05) is 0 Å². The summed E-state index contributed by atoms with van der Waals surface area (Å²) in [6, 6.07) is 4.54. The number of carbonyl (C=O) groups is 3. The second kappa shape index (κ2) is 11.4. The number of H-pyrrole nitrogens is 1. The third-order valence-corrected chi connectivity index (χ3v) is 5.17. The fraction of sp³-hybridized carbons (Fsp3) is 0.211. The molecule has 2 atom stereocenters. The Morgan fingerprint density at radius 2 is 1.89 bits per heavy atom. The van der Waals surface area contributed by atoms with E-state index in [2.05, 4.69) is 55.1 Å². The average Bonchev–Trinajstić information content (AvgIpc) is 2.86. The molecule has 1 aromatic carbocycles. The Morgan fingerprint density at radius 3 is 2.54 bits per heavy atom. The third kappa shape index (κ3) is 6.54. The number of hydroxylamine groups is 1. The summed E-state index contributed by atoms with van der Waals surface area (Å²) >= 11 is 0. The molecular formula is C19H17N7O7Si2. The molecule has 3 rings (SSSR count). The zero-order chi connectivity index (χ0) is 25.5. The van der Waals surface area contributed by atoms with Crippen LogP contribution < -0.4 is 21.7 Å². The highest BCUT2D eigenvalue weighted by Crippen LogP contribution is 2.09. The predicted molar refractivity (Wildman–Crippen MR) is 121 cm³/mol. The number of amides is 1. The molecule has 6 radical (unpaired) electrons. The highest BCUT2D eigenvalue weighted by Gasteiger charge is 2.23. The Bertz CT molecular complexity index is 1300. The number of anilines is 1. The standard InChI is InChI=1S/C19H17N7O7Si2/c20-19-24-15-14(17(29)25-19)22-10(7-21-15)8-26(31)11-3-1-9(2-4-11)16(28)23-12(18(30)33-35)5-6-13(27)32-34/h1-4,7,12,26H,5-6,8H2,(H,23,28)(H3,20,21,24,25,29)/t12-/m0/s1. The van der Waals surface area contributed by atoms with Crippen LogP contribution in [-0.4, -0.2) is 64.8 Å². The number of nitrogens with zero attached hydrogens (tertiary/aromatic N) is 3. The minimum Gasteiger partial charge on any atom is -0.629 e. The van der Waals surface area contributed by atoms with E-state index < -0.39 is 29.4 Å². The van der Waals surface area contributed by atoms with E-state index in [9.17, 15) is 24.4 Å². The number of aromatic amines is 1. The molecule has 0 aliphatic rings. The van der Waals surface area contributed by atoms with Crippen LogP contribution in [0.5, 0.6) is 0 Å². The highest BCUT2D eigenvalue weighted by atomic mass is 28.2. The molecule has 2 aromatic heterocycles. The minimum absolute atomic E-state index is 0.0442. The summed E-state index contributed by atoms with van der Waals surface area (Å²) in [6.07, 6.45) is 1.10. The van der Waals surface area contributed by atoms with E-state index in [1.54, 1.807) is 0 Å². The van der Waals surface area contributed by atoms with Crippen molar-refractivity contribution in [3.8, 4) is 0 Å². The molecule has 0 fully saturated rings. The number of nitrogens with one attached hydrogen (secondary N) is 3. The van der Waals surface area contributed by atoms with Gasteiger partial charge in [0.2, 0.25) is 5.95 Å². The van der Waals surface area contributed by atoms with Crippen LogP contribution in [0.15, 0.2) is 35.3 Å². The number of hydrogen-bond donors (Lipinski definition) is 4. The molecule has 0 bridgehead atoms. The van der Waals surface area contributed by atoms with Crippen LogP contribution in [-0.2, 0) is 25.0 Å². The Hall–Kier alpha value is -4.00. The summed E-state index contributed by atoms with van der Waals surface area (Å²) in [5, 5.41) is 14.8. The van der Waals surface area contributed by atoms with Crippen molar-refractivity contribution in [2.45, 2.75) is 25.4 Å². The van der Waals surface area contributed by atoms with Crippen LogP contribution >= 0.6 is 0 Å². The van der Waals surface area contributed by atoms with Gasteiger partial charge in [0.1, 0.15) is 24.0 Å². The van der Waals surface area contributed by atoms with Crippen LogP contribution in [0.4, 0.5) is 11.6 Å². The second-order valence-corrected chi connectivity index (χ2v) is 7.53. The van der Waals surface area contributed by atoms with Crippen molar-refractivity contribution in [3.05, 3.63) is 57.3 Å². The molecule has 3 aromatic rings. The monoisotopic (exact) mass is 511 g/mol. The molecule has 1 unspecified atom stereocenters. The van der Waals surface area contributed by atoms with Crippen LogP contribution in [0.2, 0.25) is 0 Å². The molecule has 178 valence electrons.